The molecule has 1 heteroatoms. The van der Waals surface area contributed by atoms with E-state index in [-0.39, 0.29) is 16.7 Å². The van der Waals surface area contributed by atoms with Gasteiger partial charge in [0.15, 0.2) is 5.78 Å². The van der Waals surface area contributed by atoms with Gasteiger partial charge in [-0.05, 0) is 42.6 Å². The van der Waals surface area contributed by atoms with Crippen LogP contribution in [0.3, 0.4) is 0 Å². The molecule has 0 aliphatic heterocycles. The molecule has 1 fully saturated rings. The molecule has 2 bridgehead atoms. The second-order valence-electron chi connectivity index (χ2n) is 7.58. The zero-order valence-corrected chi connectivity index (χ0v) is 13.2. The van der Waals surface area contributed by atoms with Gasteiger partial charge in [0.25, 0.3) is 0 Å². The minimum atomic E-state index is 0.0631. The van der Waals surface area contributed by atoms with Gasteiger partial charge in [-0.25, -0.2) is 0 Å². The van der Waals surface area contributed by atoms with Crippen molar-refractivity contribution in [3.05, 3.63) is 53.1 Å². The Bertz CT molecular complexity index is 709. The number of rotatable bonds is 1. The van der Waals surface area contributed by atoms with Crippen LogP contribution in [-0.4, -0.2) is 5.78 Å². The molecule has 1 nitrogen and oxygen atoms in total. The third kappa shape index (κ3) is 1.35. The highest BCUT2D eigenvalue weighted by Crippen LogP contribution is 2.71. The number of hydrogen-bond acceptors (Lipinski definition) is 1. The van der Waals surface area contributed by atoms with Crippen LogP contribution in [0.25, 0.3) is 5.57 Å². The van der Waals surface area contributed by atoms with Crippen molar-refractivity contribution in [1.29, 1.82) is 0 Å². The molecule has 4 rings (SSSR count). The molecule has 0 amide bonds. The summed E-state index contributed by atoms with van der Waals surface area (Å²) in [5.74, 6) is 0.902. The fraction of sp³-hybridized carbons (Fsp3) is 0.450. The van der Waals surface area contributed by atoms with E-state index in [0.717, 1.165) is 17.6 Å². The van der Waals surface area contributed by atoms with Crippen molar-refractivity contribution in [2.45, 2.75) is 34.1 Å². The zero-order valence-electron chi connectivity index (χ0n) is 13.2. The summed E-state index contributed by atoms with van der Waals surface area (Å²) in [6.07, 6.45) is 3.42. The standard InChI is InChI=1S/C20H22O/c1-12-13(2)20(4)11-19(12,3)16-10-15(18(21)17(16)20)14-8-6-5-7-9-14/h5-10,16-17H,11H2,1-4H3/t16-,17-,19+,20-/m1/s1. The maximum absolute atomic E-state index is 13.1. The average Bonchev–Trinajstić information content (AvgIpc) is 3.00. The number of ketones is 1. The second kappa shape index (κ2) is 3.76. The summed E-state index contributed by atoms with van der Waals surface area (Å²) in [6, 6.07) is 10.2. The number of carbonyl (C=O) groups is 1. The Morgan fingerprint density at radius 2 is 1.62 bits per heavy atom. The average molecular weight is 278 g/mol. The summed E-state index contributed by atoms with van der Waals surface area (Å²) in [4.78, 5) is 13.1. The number of allylic oxidation sites excluding steroid dienone is 4. The summed E-state index contributed by atoms with van der Waals surface area (Å²) in [6.45, 7) is 9.18. The molecule has 4 atom stereocenters. The topological polar surface area (TPSA) is 17.1 Å². The van der Waals surface area contributed by atoms with Gasteiger partial charge in [0.1, 0.15) is 0 Å². The SMILES string of the molecule is CC1=C(C)[C@@]2(C)C[C@]1(C)[C@@H]1C=C(c3ccccc3)C(=O)[C@@H]12. The fourth-order valence-corrected chi connectivity index (χ4v) is 5.38. The van der Waals surface area contributed by atoms with Crippen LogP contribution in [0.1, 0.15) is 39.7 Å². The normalized spacial score (nSPS) is 40.8. The van der Waals surface area contributed by atoms with Crippen molar-refractivity contribution in [1.82, 2.24) is 0 Å². The zero-order chi connectivity index (χ0) is 15.0. The van der Waals surface area contributed by atoms with Crippen molar-refractivity contribution in [2.75, 3.05) is 0 Å². The van der Waals surface area contributed by atoms with Crippen LogP contribution >= 0.6 is 0 Å². The predicted octanol–water partition coefficient (Wildman–Crippen LogP) is 4.65. The quantitative estimate of drug-likeness (QED) is 0.683. The molecular formula is C20H22O. The summed E-state index contributed by atoms with van der Waals surface area (Å²) >= 11 is 0. The van der Waals surface area contributed by atoms with E-state index in [2.05, 4.69) is 45.9 Å². The molecule has 0 radical (unpaired) electrons. The molecule has 3 aliphatic carbocycles. The van der Waals surface area contributed by atoms with Gasteiger partial charge in [0.2, 0.25) is 0 Å². The van der Waals surface area contributed by atoms with Crippen LogP contribution in [-0.2, 0) is 4.79 Å². The van der Waals surface area contributed by atoms with Gasteiger partial charge in [0, 0.05) is 11.5 Å². The van der Waals surface area contributed by atoms with Crippen molar-refractivity contribution in [2.24, 2.45) is 22.7 Å². The smallest absolute Gasteiger partial charge is 0.167 e. The fourth-order valence-electron chi connectivity index (χ4n) is 5.38. The molecule has 1 aromatic rings. The lowest BCUT2D eigenvalue weighted by Gasteiger charge is -2.36. The van der Waals surface area contributed by atoms with E-state index in [0.29, 0.717) is 11.7 Å². The minimum absolute atomic E-state index is 0.0631. The Morgan fingerprint density at radius 3 is 2.29 bits per heavy atom. The Balaban J connectivity index is 1.86. The molecule has 0 spiro atoms. The van der Waals surface area contributed by atoms with Gasteiger partial charge in [-0.1, -0.05) is 61.4 Å². The molecule has 0 aromatic heterocycles. The number of hydrogen-bond donors (Lipinski definition) is 0. The highest BCUT2D eigenvalue weighted by Gasteiger charge is 2.66. The summed E-state index contributed by atoms with van der Waals surface area (Å²) in [5, 5.41) is 0. The lowest BCUT2D eigenvalue weighted by atomic mass is 9.66. The maximum Gasteiger partial charge on any atom is 0.167 e. The second-order valence-corrected chi connectivity index (χ2v) is 7.58. The van der Waals surface area contributed by atoms with Crippen LogP contribution in [0.15, 0.2) is 47.6 Å². The van der Waals surface area contributed by atoms with Crippen LogP contribution < -0.4 is 0 Å². The Hall–Kier alpha value is -1.63. The van der Waals surface area contributed by atoms with Crippen LogP contribution in [0.4, 0.5) is 0 Å². The molecule has 0 heterocycles. The maximum atomic E-state index is 13.1. The van der Waals surface area contributed by atoms with Gasteiger partial charge in [0.05, 0.1) is 0 Å². The van der Waals surface area contributed by atoms with Crippen LogP contribution in [0, 0.1) is 22.7 Å². The molecule has 0 unspecified atom stereocenters. The highest BCUT2D eigenvalue weighted by molar-refractivity contribution is 6.24. The Morgan fingerprint density at radius 1 is 1.00 bits per heavy atom. The van der Waals surface area contributed by atoms with E-state index in [1.807, 2.05) is 18.2 Å². The van der Waals surface area contributed by atoms with Crippen molar-refractivity contribution in [3.63, 3.8) is 0 Å². The molecule has 3 aliphatic rings. The van der Waals surface area contributed by atoms with Gasteiger partial charge in [-0.3, -0.25) is 4.79 Å². The van der Waals surface area contributed by atoms with E-state index in [1.165, 1.54) is 11.1 Å². The number of Topliss-reactive ketones (excluding diaryl/α,β-unsaturated/α-hetero) is 1. The largest absolute Gasteiger partial charge is 0.294 e. The first-order valence-electron chi connectivity index (χ1n) is 7.89. The molecule has 21 heavy (non-hydrogen) atoms. The molecule has 1 aromatic carbocycles. The predicted molar refractivity (Wildman–Crippen MR) is 85.6 cm³/mol. The van der Waals surface area contributed by atoms with Crippen LogP contribution in [0.5, 0.6) is 0 Å². The molecule has 1 saturated carbocycles. The van der Waals surface area contributed by atoms with Crippen molar-refractivity contribution >= 4 is 11.4 Å². The van der Waals surface area contributed by atoms with Crippen molar-refractivity contribution < 1.29 is 4.79 Å². The van der Waals surface area contributed by atoms with E-state index in [9.17, 15) is 4.79 Å². The third-order valence-corrected chi connectivity index (χ3v) is 6.77. The van der Waals surface area contributed by atoms with Gasteiger partial charge in [-0.2, -0.15) is 0 Å². The lowest BCUT2D eigenvalue weighted by Crippen LogP contribution is -2.34. The number of carbonyl (C=O) groups excluding carboxylic acids is 1. The van der Waals surface area contributed by atoms with E-state index in [4.69, 9.17) is 0 Å². The van der Waals surface area contributed by atoms with Gasteiger partial charge < -0.3 is 0 Å². The van der Waals surface area contributed by atoms with E-state index in [1.54, 1.807) is 0 Å². The minimum Gasteiger partial charge on any atom is -0.294 e. The Kier molecular flexibility index (Phi) is 2.34. The van der Waals surface area contributed by atoms with Crippen LogP contribution in [0.2, 0.25) is 0 Å². The van der Waals surface area contributed by atoms with Gasteiger partial charge in [-0.15, -0.1) is 0 Å². The highest BCUT2D eigenvalue weighted by atomic mass is 16.1. The summed E-state index contributed by atoms with van der Waals surface area (Å²) < 4.78 is 0. The molecule has 108 valence electrons. The number of benzene rings is 1. The molecule has 0 N–H and O–H groups in total. The Labute approximate surface area is 126 Å². The first kappa shape index (κ1) is 13.1. The first-order chi connectivity index (χ1) is 9.89. The lowest BCUT2D eigenvalue weighted by molar-refractivity contribution is -0.119. The summed E-state index contributed by atoms with van der Waals surface area (Å²) in [7, 11) is 0. The monoisotopic (exact) mass is 278 g/mol. The van der Waals surface area contributed by atoms with E-state index >= 15 is 0 Å². The van der Waals surface area contributed by atoms with Gasteiger partial charge >= 0.3 is 0 Å². The van der Waals surface area contributed by atoms with Crippen molar-refractivity contribution in [3.8, 4) is 0 Å². The first-order valence-corrected chi connectivity index (χ1v) is 7.89. The van der Waals surface area contributed by atoms with E-state index < -0.39 is 0 Å². The molecule has 0 saturated heterocycles. The molecular weight excluding hydrogens is 256 g/mol. The third-order valence-electron chi connectivity index (χ3n) is 6.77. The summed E-state index contributed by atoms with van der Waals surface area (Å²) in [5.41, 5.74) is 5.25. The number of fused-ring (bicyclic) bond motifs is 5.